The molecule has 0 fully saturated rings. The monoisotopic (exact) mass is 400 g/mol. The van der Waals surface area contributed by atoms with Gasteiger partial charge in [0, 0.05) is 11.3 Å². The Kier molecular flexibility index (Phi) is 5.81. The van der Waals surface area contributed by atoms with Crippen molar-refractivity contribution in [2.75, 3.05) is 12.4 Å². The molecule has 0 atom stereocenters. The fraction of sp³-hybridized carbons (Fsp3) is 0.150. The van der Waals surface area contributed by atoms with E-state index in [1.807, 2.05) is 30.3 Å². The van der Waals surface area contributed by atoms with Gasteiger partial charge in [0.05, 0.1) is 11.2 Å². The van der Waals surface area contributed by atoms with Crippen LogP contribution in [0, 0.1) is 6.92 Å². The number of benzene rings is 2. The standard InChI is InChI=1S/C20H20N2O5S/c1-14-8-9-16(12-18(14)28(24,25)21-2)22-20(23)19-15(10-11-26-19)13-27-17-6-4-3-5-7-17/h3-12,21H,13H2,1-2H3,(H,22,23). The molecule has 3 rings (SSSR count). The van der Waals surface area contributed by atoms with Gasteiger partial charge >= 0.3 is 0 Å². The number of carbonyl (C=O) groups excluding carboxylic acids is 1. The van der Waals surface area contributed by atoms with Crippen molar-refractivity contribution >= 4 is 21.6 Å². The van der Waals surface area contributed by atoms with E-state index in [2.05, 4.69) is 10.0 Å². The Bertz CT molecular complexity index is 1070. The summed E-state index contributed by atoms with van der Waals surface area (Å²) in [5.41, 5.74) is 1.49. The van der Waals surface area contributed by atoms with Crippen LogP contribution in [0.1, 0.15) is 21.7 Å². The van der Waals surface area contributed by atoms with Gasteiger partial charge in [-0.15, -0.1) is 0 Å². The first-order valence-electron chi connectivity index (χ1n) is 8.50. The maximum atomic E-state index is 12.6. The molecule has 0 radical (unpaired) electrons. The lowest BCUT2D eigenvalue weighted by atomic mass is 10.2. The van der Waals surface area contributed by atoms with Crippen LogP contribution in [0.3, 0.4) is 0 Å². The largest absolute Gasteiger partial charge is 0.489 e. The number of hydrogen-bond donors (Lipinski definition) is 2. The van der Waals surface area contributed by atoms with Gasteiger partial charge in [-0.05, 0) is 49.9 Å². The number of nitrogens with one attached hydrogen (secondary N) is 2. The van der Waals surface area contributed by atoms with Gasteiger partial charge in [0.15, 0.2) is 5.76 Å². The zero-order valence-electron chi connectivity index (χ0n) is 15.4. The highest BCUT2D eigenvalue weighted by molar-refractivity contribution is 7.89. The molecule has 7 nitrogen and oxygen atoms in total. The van der Waals surface area contributed by atoms with Crippen molar-refractivity contribution in [3.8, 4) is 5.75 Å². The van der Waals surface area contributed by atoms with E-state index in [0.29, 0.717) is 22.6 Å². The SMILES string of the molecule is CNS(=O)(=O)c1cc(NC(=O)c2occc2COc2ccccc2)ccc1C. The number of anilines is 1. The summed E-state index contributed by atoms with van der Waals surface area (Å²) >= 11 is 0. The summed E-state index contributed by atoms with van der Waals surface area (Å²) < 4.78 is 37.4. The Hall–Kier alpha value is -3.10. The normalized spacial score (nSPS) is 11.2. The second kappa shape index (κ2) is 8.28. The van der Waals surface area contributed by atoms with Crippen molar-refractivity contribution in [2.24, 2.45) is 0 Å². The molecule has 8 heteroatoms. The maximum Gasteiger partial charge on any atom is 0.291 e. The third-order valence-electron chi connectivity index (χ3n) is 4.09. The molecule has 0 bridgehead atoms. The number of para-hydroxylation sites is 1. The molecule has 2 N–H and O–H groups in total. The summed E-state index contributed by atoms with van der Waals surface area (Å²) in [4.78, 5) is 12.7. The number of hydrogen-bond acceptors (Lipinski definition) is 5. The lowest BCUT2D eigenvalue weighted by molar-refractivity contribution is 0.0993. The average Bonchev–Trinajstić information content (AvgIpc) is 3.17. The van der Waals surface area contributed by atoms with Gasteiger partial charge in [-0.3, -0.25) is 4.79 Å². The van der Waals surface area contributed by atoms with Crippen LogP contribution >= 0.6 is 0 Å². The number of carbonyl (C=O) groups is 1. The van der Waals surface area contributed by atoms with E-state index in [0.717, 1.165) is 0 Å². The number of furan rings is 1. The molecule has 0 saturated heterocycles. The lowest BCUT2D eigenvalue weighted by Gasteiger charge is -2.10. The number of ether oxygens (including phenoxy) is 1. The van der Waals surface area contributed by atoms with Crippen LogP contribution in [-0.2, 0) is 16.6 Å². The van der Waals surface area contributed by atoms with Crippen molar-refractivity contribution in [3.05, 3.63) is 77.7 Å². The smallest absolute Gasteiger partial charge is 0.291 e. The number of aryl methyl sites for hydroxylation is 1. The van der Waals surface area contributed by atoms with E-state index >= 15 is 0 Å². The average molecular weight is 400 g/mol. The van der Waals surface area contributed by atoms with Crippen molar-refractivity contribution in [3.63, 3.8) is 0 Å². The summed E-state index contributed by atoms with van der Waals surface area (Å²) in [6.45, 7) is 1.85. The van der Waals surface area contributed by atoms with Crippen molar-refractivity contribution in [2.45, 2.75) is 18.4 Å². The van der Waals surface area contributed by atoms with E-state index in [1.54, 1.807) is 25.1 Å². The molecule has 0 aliphatic heterocycles. The number of rotatable bonds is 7. The molecular formula is C20H20N2O5S. The molecule has 28 heavy (non-hydrogen) atoms. The zero-order valence-corrected chi connectivity index (χ0v) is 16.2. The van der Waals surface area contributed by atoms with E-state index in [1.165, 1.54) is 19.4 Å². The first kappa shape index (κ1) is 19.7. The maximum absolute atomic E-state index is 12.6. The van der Waals surface area contributed by atoms with Crippen LogP contribution in [0.4, 0.5) is 5.69 Å². The molecule has 3 aromatic rings. The van der Waals surface area contributed by atoms with Crippen LogP contribution < -0.4 is 14.8 Å². The van der Waals surface area contributed by atoms with Gasteiger partial charge in [0.2, 0.25) is 10.0 Å². The Morgan fingerprint density at radius 3 is 2.57 bits per heavy atom. The van der Waals surface area contributed by atoms with Crippen molar-refractivity contribution in [1.82, 2.24) is 4.72 Å². The molecule has 1 aromatic heterocycles. The van der Waals surface area contributed by atoms with Gasteiger partial charge in [0.25, 0.3) is 5.91 Å². The number of amides is 1. The highest BCUT2D eigenvalue weighted by atomic mass is 32.2. The van der Waals surface area contributed by atoms with Gasteiger partial charge in [0.1, 0.15) is 12.4 Å². The van der Waals surface area contributed by atoms with Gasteiger partial charge in [-0.2, -0.15) is 0 Å². The molecule has 1 heterocycles. The molecule has 0 aliphatic carbocycles. The van der Waals surface area contributed by atoms with E-state index in [9.17, 15) is 13.2 Å². The first-order valence-corrected chi connectivity index (χ1v) is 9.99. The Balaban J connectivity index is 1.76. The van der Waals surface area contributed by atoms with Crippen molar-refractivity contribution in [1.29, 1.82) is 0 Å². The fourth-order valence-corrected chi connectivity index (χ4v) is 3.59. The van der Waals surface area contributed by atoms with Crippen LogP contribution in [-0.4, -0.2) is 21.4 Å². The fourth-order valence-electron chi connectivity index (χ4n) is 2.59. The predicted octanol–water partition coefficient (Wildman–Crippen LogP) is 3.33. The molecule has 0 saturated carbocycles. The Morgan fingerprint density at radius 1 is 1.11 bits per heavy atom. The molecule has 1 amide bonds. The predicted molar refractivity (Wildman–Crippen MR) is 105 cm³/mol. The van der Waals surface area contributed by atoms with Crippen LogP contribution in [0.25, 0.3) is 0 Å². The molecule has 2 aromatic carbocycles. The number of sulfonamides is 1. The Morgan fingerprint density at radius 2 is 1.86 bits per heavy atom. The van der Waals surface area contributed by atoms with Crippen LogP contribution in [0.15, 0.2) is 70.2 Å². The molecule has 146 valence electrons. The van der Waals surface area contributed by atoms with Crippen molar-refractivity contribution < 1.29 is 22.4 Å². The van der Waals surface area contributed by atoms with E-state index < -0.39 is 15.9 Å². The molecular weight excluding hydrogens is 380 g/mol. The minimum Gasteiger partial charge on any atom is -0.489 e. The molecule has 0 unspecified atom stereocenters. The summed E-state index contributed by atoms with van der Waals surface area (Å²) in [7, 11) is -2.30. The molecule has 0 spiro atoms. The second-order valence-corrected chi connectivity index (χ2v) is 7.87. The minimum absolute atomic E-state index is 0.0971. The van der Waals surface area contributed by atoms with Crippen LogP contribution in [0.5, 0.6) is 5.75 Å². The highest BCUT2D eigenvalue weighted by Gasteiger charge is 2.19. The summed E-state index contributed by atoms with van der Waals surface area (Å²) in [6.07, 6.45) is 1.41. The summed E-state index contributed by atoms with van der Waals surface area (Å²) in [5, 5.41) is 2.67. The van der Waals surface area contributed by atoms with Gasteiger partial charge in [-0.25, -0.2) is 13.1 Å². The van der Waals surface area contributed by atoms with Gasteiger partial charge in [-0.1, -0.05) is 24.3 Å². The topological polar surface area (TPSA) is 97.6 Å². The zero-order chi connectivity index (χ0) is 20.1. The van der Waals surface area contributed by atoms with E-state index in [4.69, 9.17) is 9.15 Å². The third kappa shape index (κ3) is 4.41. The highest BCUT2D eigenvalue weighted by Crippen LogP contribution is 2.22. The molecule has 0 aliphatic rings. The quantitative estimate of drug-likeness (QED) is 0.634. The van der Waals surface area contributed by atoms with E-state index in [-0.39, 0.29) is 17.3 Å². The second-order valence-electron chi connectivity index (χ2n) is 6.02. The summed E-state index contributed by atoms with van der Waals surface area (Å²) in [6, 6.07) is 15.5. The Labute approximate surface area is 163 Å². The first-order chi connectivity index (χ1) is 13.4. The lowest BCUT2D eigenvalue weighted by Crippen LogP contribution is -2.20. The third-order valence-corrected chi connectivity index (χ3v) is 5.65. The van der Waals surface area contributed by atoms with Gasteiger partial charge < -0.3 is 14.5 Å². The minimum atomic E-state index is -3.63. The van der Waals surface area contributed by atoms with Crippen LogP contribution in [0.2, 0.25) is 0 Å². The summed E-state index contributed by atoms with van der Waals surface area (Å²) in [5.74, 6) is 0.290.